The van der Waals surface area contributed by atoms with Gasteiger partial charge in [-0.3, -0.25) is 0 Å². The first-order valence-electron chi connectivity index (χ1n) is 4.64. The molecule has 2 rings (SSSR count). The molecule has 1 aliphatic rings. The normalized spacial score (nSPS) is 12.0. The number of aliphatic carboxylic acids is 2. The van der Waals surface area contributed by atoms with E-state index in [1.807, 2.05) is 12.1 Å². The van der Waals surface area contributed by atoms with Gasteiger partial charge in [-0.1, -0.05) is 12.1 Å². The summed E-state index contributed by atoms with van der Waals surface area (Å²) in [6, 6.07) is 8.25. The van der Waals surface area contributed by atoms with Crippen LogP contribution >= 0.6 is 0 Å². The van der Waals surface area contributed by atoms with Gasteiger partial charge in [0.2, 0.25) is 0 Å². The molecule has 0 saturated carbocycles. The van der Waals surface area contributed by atoms with Crippen molar-refractivity contribution < 1.29 is 19.8 Å². The van der Waals surface area contributed by atoms with Gasteiger partial charge in [0.1, 0.15) is 0 Å². The van der Waals surface area contributed by atoms with Crippen molar-refractivity contribution in [1.29, 1.82) is 0 Å². The first-order valence-corrected chi connectivity index (χ1v) is 4.64. The van der Waals surface area contributed by atoms with Crippen LogP contribution in [0.2, 0.25) is 0 Å². The zero-order chi connectivity index (χ0) is 12.0. The second-order valence-corrected chi connectivity index (χ2v) is 3.01. The van der Waals surface area contributed by atoms with Gasteiger partial charge in [-0.15, -0.1) is 0 Å². The van der Waals surface area contributed by atoms with Gasteiger partial charge in [-0.2, -0.15) is 0 Å². The largest absolute Gasteiger partial charge is 0.473 e. The van der Waals surface area contributed by atoms with Crippen molar-refractivity contribution in [3.63, 3.8) is 0 Å². The lowest BCUT2D eigenvalue weighted by Crippen LogP contribution is -2.19. The van der Waals surface area contributed by atoms with Crippen LogP contribution in [-0.4, -0.2) is 35.2 Å². The Hall–Kier alpha value is -2.24. The van der Waals surface area contributed by atoms with E-state index in [2.05, 4.69) is 22.8 Å². The van der Waals surface area contributed by atoms with E-state index in [4.69, 9.17) is 19.8 Å². The molecule has 1 aromatic rings. The van der Waals surface area contributed by atoms with Crippen molar-refractivity contribution in [1.82, 2.24) is 0 Å². The third-order valence-corrected chi connectivity index (χ3v) is 1.87. The number of benzene rings is 1. The van der Waals surface area contributed by atoms with Crippen LogP contribution in [0.1, 0.15) is 0 Å². The molecule has 0 bridgehead atoms. The van der Waals surface area contributed by atoms with Crippen LogP contribution in [0.5, 0.6) is 0 Å². The fourth-order valence-electron chi connectivity index (χ4n) is 1.19. The second-order valence-electron chi connectivity index (χ2n) is 3.01. The quantitative estimate of drug-likeness (QED) is 0.484. The number of rotatable bonds is 0. The highest BCUT2D eigenvalue weighted by Crippen LogP contribution is 2.22. The van der Waals surface area contributed by atoms with E-state index in [9.17, 15) is 0 Å². The summed E-state index contributed by atoms with van der Waals surface area (Å²) in [6.07, 6.45) is 0. The van der Waals surface area contributed by atoms with Crippen LogP contribution in [0.15, 0.2) is 24.3 Å². The Labute approximate surface area is 91.9 Å². The molecule has 0 aliphatic carbocycles. The summed E-state index contributed by atoms with van der Waals surface area (Å²) in [7, 11) is 0. The lowest BCUT2D eigenvalue weighted by molar-refractivity contribution is -0.159. The van der Waals surface area contributed by atoms with Crippen LogP contribution < -0.4 is 10.6 Å². The number of fused-ring (bicyclic) bond motifs is 1. The maximum absolute atomic E-state index is 9.10. The minimum absolute atomic E-state index is 1.02. The molecule has 0 amide bonds. The molecular weight excluding hydrogens is 212 g/mol. The minimum Gasteiger partial charge on any atom is -0.473 e. The van der Waals surface area contributed by atoms with Crippen LogP contribution in [0, 0.1) is 0 Å². The maximum atomic E-state index is 9.10. The van der Waals surface area contributed by atoms with Gasteiger partial charge in [0.25, 0.3) is 0 Å². The van der Waals surface area contributed by atoms with E-state index in [-0.39, 0.29) is 0 Å². The number of carboxylic acid groups (broad SMARTS) is 2. The van der Waals surface area contributed by atoms with E-state index in [0.717, 1.165) is 13.1 Å². The average molecular weight is 224 g/mol. The van der Waals surface area contributed by atoms with Crippen LogP contribution in [0.4, 0.5) is 11.4 Å². The van der Waals surface area contributed by atoms with Gasteiger partial charge in [0.05, 0.1) is 11.4 Å². The van der Waals surface area contributed by atoms with Crippen molar-refractivity contribution >= 4 is 23.3 Å². The number of carboxylic acids is 2. The summed E-state index contributed by atoms with van der Waals surface area (Å²) in [5.74, 6) is -3.65. The van der Waals surface area contributed by atoms with Gasteiger partial charge in [0, 0.05) is 13.1 Å². The minimum atomic E-state index is -1.82. The molecule has 0 unspecified atom stereocenters. The molecule has 6 nitrogen and oxygen atoms in total. The van der Waals surface area contributed by atoms with E-state index < -0.39 is 11.9 Å². The molecule has 0 atom stereocenters. The number of nitrogens with one attached hydrogen (secondary N) is 2. The van der Waals surface area contributed by atoms with Gasteiger partial charge in [0.15, 0.2) is 0 Å². The number of hydrogen-bond donors (Lipinski definition) is 4. The maximum Gasteiger partial charge on any atom is 0.414 e. The van der Waals surface area contributed by atoms with Gasteiger partial charge < -0.3 is 20.8 Å². The first kappa shape index (κ1) is 11.8. The number of carbonyl (C=O) groups is 2. The molecule has 0 spiro atoms. The van der Waals surface area contributed by atoms with Crippen LogP contribution in [-0.2, 0) is 9.59 Å². The molecule has 6 heteroatoms. The molecule has 16 heavy (non-hydrogen) atoms. The van der Waals surface area contributed by atoms with Crippen molar-refractivity contribution in [3.8, 4) is 0 Å². The first-order chi connectivity index (χ1) is 7.61. The third kappa shape index (κ3) is 3.49. The molecule has 1 aromatic carbocycles. The highest BCUT2D eigenvalue weighted by atomic mass is 16.4. The monoisotopic (exact) mass is 224 g/mol. The Kier molecular flexibility index (Phi) is 4.14. The predicted octanol–water partition coefficient (Wildman–Crippen LogP) is 0.680. The van der Waals surface area contributed by atoms with Gasteiger partial charge >= 0.3 is 11.9 Å². The fraction of sp³-hybridized carbons (Fsp3) is 0.200. The highest BCUT2D eigenvalue weighted by Gasteiger charge is 2.04. The van der Waals surface area contributed by atoms with Crippen LogP contribution in [0.25, 0.3) is 0 Å². The lowest BCUT2D eigenvalue weighted by Gasteiger charge is -2.18. The molecule has 86 valence electrons. The Morgan fingerprint density at radius 3 is 1.62 bits per heavy atom. The zero-order valence-electron chi connectivity index (χ0n) is 8.43. The molecule has 1 aliphatic heterocycles. The molecule has 1 heterocycles. The van der Waals surface area contributed by atoms with Gasteiger partial charge in [-0.05, 0) is 12.1 Å². The summed E-state index contributed by atoms with van der Waals surface area (Å²) in [6.45, 7) is 2.05. The SMILES string of the molecule is O=C(O)C(=O)O.c1ccc2c(c1)NCCN2. The lowest BCUT2D eigenvalue weighted by atomic mass is 10.2. The molecule has 0 fully saturated rings. The van der Waals surface area contributed by atoms with Crippen molar-refractivity contribution in [2.75, 3.05) is 23.7 Å². The third-order valence-electron chi connectivity index (χ3n) is 1.87. The van der Waals surface area contributed by atoms with Gasteiger partial charge in [-0.25, -0.2) is 9.59 Å². The molecule has 0 radical (unpaired) electrons. The smallest absolute Gasteiger partial charge is 0.414 e. The number of para-hydroxylation sites is 2. The summed E-state index contributed by atoms with van der Waals surface area (Å²) >= 11 is 0. The second kappa shape index (κ2) is 5.59. The van der Waals surface area contributed by atoms with Crippen LogP contribution in [0.3, 0.4) is 0 Å². The fourth-order valence-corrected chi connectivity index (χ4v) is 1.19. The Bertz CT molecular complexity index is 355. The summed E-state index contributed by atoms with van der Waals surface area (Å²) in [4.78, 5) is 18.2. The topological polar surface area (TPSA) is 98.7 Å². The Morgan fingerprint density at radius 2 is 1.31 bits per heavy atom. The van der Waals surface area contributed by atoms with Crippen molar-refractivity contribution in [2.24, 2.45) is 0 Å². The standard InChI is InChI=1S/C8H10N2.C2H2O4/c1-2-4-8-7(3-1)9-5-6-10-8;3-1(4)2(5)6/h1-4,9-10H,5-6H2;(H,3,4)(H,5,6). The molecular formula is C10H12N2O4. The predicted molar refractivity (Wildman–Crippen MR) is 58.7 cm³/mol. The highest BCUT2D eigenvalue weighted by molar-refractivity contribution is 6.27. The van der Waals surface area contributed by atoms with Crippen molar-refractivity contribution in [3.05, 3.63) is 24.3 Å². The Balaban J connectivity index is 0.000000187. The number of hydrogen-bond acceptors (Lipinski definition) is 4. The van der Waals surface area contributed by atoms with Crippen molar-refractivity contribution in [2.45, 2.75) is 0 Å². The molecule has 4 N–H and O–H groups in total. The summed E-state index contributed by atoms with van der Waals surface area (Å²) < 4.78 is 0. The van der Waals surface area contributed by atoms with E-state index >= 15 is 0 Å². The zero-order valence-corrected chi connectivity index (χ0v) is 8.43. The molecule has 0 aromatic heterocycles. The number of anilines is 2. The van der Waals surface area contributed by atoms with E-state index in [1.165, 1.54) is 11.4 Å². The van der Waals surface area contributed by atoms with E-state index in [0.29, 0.717) is 0 Å². The average Bonchev–Trinajstić information content (AvgIpc) is 2.30. The molecule has 0 saturated heterocycles. The Morgan fingerprint density at radius 1 is 0.938 bits per heavy atom. The van der Waals surface area contributed by atoms with E-state index in [1.54, 1.807) is 0 Å². The summed E-state index contributed by atoms with van der Waals surface area (Å²) in [5.41, 5.74) is 2.43. The summed E-state index contributed by atoms with van der Waals surface area (Å²) in [5, 5.41) is 21.4.